The van der Waals surface area contributed by atoms with E-state index in [9.17, 15) is 29.8 Å². The molecule has 0 atom stereocenters. The van der Waals surface area contributed by atoms with Gasteiger partial charge in [-0.05, 0) is 144 Å². The number of H-pyrrole nitrogens is 2. The molecule has 13 rings (SSSR count). The summed E-state index contributed by atoms with van der Waals surface area (Å²) in [6.45, 7) is 16.4. The first-order chi connectivity index (χ1) is 43.7. The molecule has 2 aliphatic rings. The van der Waals surface area contributed by atoms with Crippen molar-refractivity contribution in [2.24, 2.45) is 9.98 Å². The first-order valence-corrected chi connectivity index (χ1v) is 30.8. The molecular formula is C72H56N10O6S2. The Bertz CT molecular complexity index is 5290. The number of nitrogens with zero attached hydrogens (tertiary/aromatic N) is 8. The molecule has 2 aliphatic heterocycles. The number of hydrogen-bond acceptors (Lipinski definition) is 10. The highest BCUT2D eigenvalue weighted by molar-refractivity contribution is 7.07. The summed E-state index contributed by atoms with van der Waals surface area (Å²) < 4.78 is 3.40. The van der Waals surface area contributed by atoms with Crippen molar-refractivity contribution in [1.82, 2.24) is 29.1 Å². The Hall–Kier alpha value is -11.1. The van der Waals surface area contributed by atoms with Gasteiger partial charge in [0, 0.05) is 56.8 Å². The summed E-state index contributed by atoms with van der Waals surface area (Å²) in [7, 11) is 0. The first kappa shape index (κ1) is 58.0. The van der Waals surface area contributed by atoms with Crippen LogP contribution in [-0.2, 0) is 16.0 Å². The van der Waals surface area contributed by atoms with Gasteiger partial charge in [-0.2, -0.15) is 9.98 Å². The number of allylic oxidation sites excluding steroid dienone is 5. The quantitative estimate of drug-likeness (QED) is 0.0787. The molecule has 0 saturated heterocycles. The van der Waals surface area contributed by atoms with E-state index in [1.165, 1.54) is 22.7 Å². The lowest BCUT2D eigenvalue weighted by atomic mass is 10.00. The first-order valence-electron chi connectivity index (χ1n) is 29.1. The molecule has 0 spiro atoms. The van der Waals surface area contributed by atoms with Crippen LogP contribution in [0.4, 0.5) is 11.4 Å². The lowest BCUT2D eigenvalue weighted by Crippen LogP contribution is -2.18. The van der Waals surface area contributed by atoms with Crippen molar-refractivity contribution in [2.45, 2.75) is 53.4 Å². The van der Waals surface area contributed by atoms with Crippen LogP contribution in [0.25, 0.3) is 106 Å². The fourth-order valence-corrected chi connectivity index (χ4v) is 14.0. The molecule has 0 fully saturated rings. The number of carbonyl (C=O) groups is 2. The van der Waals surface area contributed by atoms with E-state index in [4.69, 9.17) is 20.0 Å². The Balaban J connectivity index is 0.934. The van der Waals surface area contributed by atoms with Crippen LogP contribution in [0.15, 0.2) is 198 Å². The van der Waals surface area contributed by atoms with Crippen molar-refractivity contribution >= 4 is 118 Å². The molecule has 11 aromatic rings. The Morgan fingerprint density at radius 3 is 1.56 bits per heavy atom. The van der Waals surface area contributed by atoms with Gasteiger partial charge >= 0.3 is 11.4 Å². The molecule has 16 nitrogen and oxygen atoms in total. The van der Waals surface area contributed by atoms with Crippen molar-refractivity contribution in [3.05, 3.63) is 263 Å². The third-order valence-electron chi connectivity index (χ3n) is 16.8. The van der Waals surface area contributed by atoms with Crippen molar-refractivity contribution in [2.75, 3.05) is 0 Å². The zero-order chi connectivity index (χ0) is 62.5. The minimum absolute atomic E-state index is 0.0333. The molecule has 8 bridgehead atoms. The molecule has 7 heterocycles. The number of rotatable bonds is 14. The zero-order valence-electron chi connectivity index (χ0n) is 49.4. The fraction of sp³-hybridized carbons (Fsp3) is 0.111. The van der Waals surface area contributed by atoms with Gasteiger partial charge in [0.1, 0.15) is 11.4 Å². The summed E-state index contributed by atoms with van der Waals surface area (Å²) in [4.78, 5) is 82.2. The van der Waals surface area contributed by atoms with E-state index in [1.807, 2.05) is 166 Å². The lowest BCUT2D eigenvalue weighted by Gasteiger charge is -2.11. The molecule has 0 saturated carbocycles. The van der Waals surface area contributed by atoms with Crippen LogP contribution in [0.5, 0.6) is 0 Å². The van der Waals surface area contributed by atoms with E-state index in [0.717, 1.165) is 77.9 Å². The summed E-state index contributed by atoms with van der Waals surface area (Å²) in [6.07, 6.45) is 4.02. The summed E-state index contributed by atoms with van der Waals surface area (Å²) in [5.41, 5.74) is 16.0. The number of thiazole rings is 2. The lowest BCUT2D eigenvalue weighted by molar-refractivity contribution is -0.382. The standard InChI is InChI=1S/C72H56N10O6S2/c1-7-49-41(3)55-35-56-43(5)51(29-33-67(83)77-71-79(65(39-89-71)47-21-11-9-12-22-47)63-31-27-45-19-15-17-25-53(45)69(63)81(85)86)61(75-56)38-62-52(44(6)58(76-62)37-60-50(8-2)42(4)57(74-60)36-59(49)73-55)30-34-68(84)78-72-80(66(40-90-72)48-23-13-10-14-24-48)64-32-28-46-20-16-18-26-54(46)70(64)82(87)88/h7-28,31-32,35-40,73,76H,1-2,29-30,33-34H2,3-6H3. The highest BCUT2D eigenvalue weighted by Gasteiger charge is 2.27. The molecule has 0 unspecified atom stereocenters. The van der Waals surface area contributed by atoms with Crippen LogP contribution in [0.1, 0.15) is 78.1 Å². The van der Waals surface area contributed by atoms with Crippen molar-refractivity contribution < 1.29 is 19.4 Å². The topological polar surface area (TPSA) is 212 Å². The highest BCUT2D eigenvalue weighted by Crippen LogP contribution is 2.40. The molecular weight excluding hydrogens is 1160 g/mol. The largest absolute Gasteiger partial charge is 0.355 e. The van der Waals surface area contributed by atoms with Gasteiger partial charge in [-0.15, -0.1) is 22.7 Å². The third kappa shape index (κ3) is 10.6. The van der Waals surface area contributed by atoms with Crippen LogP contribution < -0.4 is 9.60 Å². The monoisotopic (exact) mass is 1220 g/mol. The maximum Gasteiger partial charge on any atom is 0.301 e. The van der Waals surface area contributed by atoms with Gasteiger partial charge in [0.05, 0.1) is 54.8 Å². The summed E-state index contributed by atoms with van der Waals surface area (Å²) in [5.74, 6) is -0.880. The number of carbonyl (C=O) groups excluding carboxylic acids is 2. The number of hydrogen-bond donors (Lipinski definition) is 2. The molecule has 0 radical (unpaired) electrons. The normalized spacial score (nSPS) is 12.8. The minimum atomic E-state index is -0.441. The molecule has 90 heavy (non-hydrogen) atoms. The SMILES string of the molecule is C=CC1=C(C)c2cc3[nH]c(cc4nc(cc5[nH]c(cc1n2)c(C)c5CCC(=O)N=c1scc(-c2ccccc2)n1-c1ccc2ccccc2c1[N+](=O)[O-])C(CCC(=O)N=c1scc(-c2ccccc2)n1-c1ccc2ccccc2c1[N+](=O)[O-])=C4C)c(C)c3C=C. The van der Waals surface area contributed by atoms with Crippen molar-refractivity contribution in [3.8, 4) is 33.9 Å². The second kappa shape index (κ2) is 23.9. The van der Waals surface area contributed by atoms with Gasteiger partial charge < -0.3 is 9.97 Å². The predicted octanol–water partition coefficient (Wildman–Crippen LogP) is 16.8. The maximum absolute atomic E-state index is 14.6. The molecule has 2 N–H and O–H groups in total. The van der Waals surface area contributed by atoms with E-state index < -0.39 is 11.8 Å². The van der Waals surface area contributed by atoms with Gasteiger partial charge in [0.25, 0.3) is 0 Å². The van der Waals surface area contributed by atoms with Gasteiger partial charge in [0.15, 0.2) is 9.60 Å². The molecule has 6 aromatic carbocycles. The van der Waals surface area contributed by atoms with E-state index >= 15 is 0 Å². The smallest absolute Gasteiger partial charge is 0.301 e. The van der Waals surface area contributed by atoms with E-state index in [1.54, 1.807) is 51.6 Å². The number of nitro benzene ring substituents is 2. The number of aryl methyl sites for hydroxylation is 3. The highest BCUT2D eigenvalue weighted by atomic mass is 32.1. The maximum atomic E-state index is 14.6. The number of amides is 2. The number of fused-ring (bicyclic) bond motifs is 10. The predicted molar refractivity (Wildman–Crippen MR) is 361 cm³/mol. The molecule has 0 aliphatic carbocycles. The fourth-order valence-electron chi connectivity index (χ4n) is 12.2. The zero-order valence-corrected chi connectivity index (χ0v) is 51.0. The summed E-state index contributed by atoms with van der Waals surface area (Å²) in [5, 5.41) is 32.1. The van der Waals surface area contributed by atoms with Crippen LogP contribution in [-0.4, -0.2) is 50.7 Å². The van der Waals surface area contributed by atoms with Gasteiger partial charge in [0.2, 0.25) is 11.8 Å². The molecule has 2 amide bonds. The van der Waals surface area contributed by atoms with Crippen molar-refractivity contribution in [3.63, 3.8) is 0 Å². The van der Waals surface area contributed by atoms with Crippen LogP contribution >= 0.6 is 22.7 Å². The Morgan fingerprint density at radius 1 is 0.544 bits per heavy atom. The second-order valence-electron chi connectivity index (χ2n) is 22.0. The average Bonchev–Trinajstić information content (AvgIpc) is 1.40. The third-order valence-corrected chi connectivity index (χ3v) is 18.5. The number of aromatic nitrogens is 6. The van der Waals surface area contributed by atoms with E-state index in [0.29, 0.717) is 55.5 Å². The summed E-state index contributed by atoms with van der Waals surface area (Å²) in [6, 6.07) is 48.4. The molecule has 18 heteroatoms. The minimum Gasteiger partial charge on any atom is -0.355 e. The summed E-state index contributed by atoms with van der Waals surface area (Å²) >= 11 is 2.45. The Morgan fingerprint density at radius 2 is 1.01 bits per heavy atom. The van der Waals surface area contributed by atoms with Crippen LogP contribution in [0.3, 0.4) is 0 Å². The average molecular weight is 1220 g/mol. The molecule has 442 valence electrons. The van der Waals surface area contributed by atoms with Crippen LogP contribution in [0.2, 0.25) is 0 Å². The van der Waals surface area contributed by atoms with Crippen molar-refractivity contribution in [1.29, 1.82) is 0 Å². The van der Waals surface area contributed by atoms with Gasteiger partial charge in [-0.25, -0.2) is 9.97 Å². The van der Waals surface area contributed by atoms with E-state index in [2.05, 4.69) is 23.1 Å². The van der Waals surface area contributed by atoms with Gasteiger partial charge in [-0.1, -0.05) is 135 Å². The van der Waals surface area contributed by atoms with Crippen LogP contribution in [0, 0.1) is 34.1 Å². The number of aromatic amines is 2. The number of nitrogens with one attached hydrogen (secondary N) is 2. The Labute approximate surface area is 523 Å². The number of benzene rings is 6. The number of nitro groups is 2. The van der Waals surface area contributed by atoms with Gasteiger partial charge in [-0.3, -0.25) is 39.0 Å². The second-order valence-corrected chi connectivity index (χ2v) is 23.7. The van der Waals surface area contributed by atoms with E-state index in [-0.39, 0.29) is 67.9 Å². The molecule has 5 aromatic heterocycles. The Kier molecular flexibility index (Phi) is 15.4.